The van der Waals surface area contributed by atoms with Crippen LogP contribution in [0.2, 0.25) is 0 Å². The van der Waals surface area contributed by atoms with Gasteiger partial charge in [0, 0.05) is 17.5 Å². The molecule has 1 aromatic heterocycles. The Morgan fingerprint density at radius 3 is 2.91 bits per heavy atom. The van der Waals surface area contributed by atoms with Crippen LogP contribution in [0.15, 0.2) is 34.7 Å². The molecule has 3 rings (SSSR count). The molecule has 0 aliphatic heterocycles. The highest BCUT2D eigenvalue weighted by Crippen LogP contribution is 2.42. The van der Waals surface area contributed by atoms with Crippen LogP contribution in [-0.4, -0.2) is 5.91 Å². The van der Waals surface area contributed by atoms with Crippen LogP contribution in [-0.2, 0) is 6.42 Å². The summed E-state index contributed by atoms with van der Waals surface area (Å²) in [4.78, 5) is 12.6. The lowest BCUT2D eigenvalue weighted by molar-refractivity contribution is 0.0917. The number of nitriles is 1. The normalized spacial score (nSPS) is 18.8. The van der Waals surface area contributed by atoms with Crippen LogP contribution < -0.4 is 5.32 Å². The van der Waals surface area contributed by atoms with Crippen molar-refractivity contribution in [2.24, 2.45) is 5.41 Å². The number of hydrogen-bond acceptors (Lipinski definition) is 3. The van der Waals surface area contributed by atoms with Crippen LogP contribution in [0.4, 0.5) is 0 Å². The van der Waals surface area contributed by atoms with Crippen molar-refractivity contribution in [3.05, 3.63) is 58.5 Å². The molecule has 1 N–H and O–H groups in total. The molecule has 1 aliphatic rings. The Morgan fingerprint density at radius 2 is 2.17 bits per heavy atom. The predicted octanol–water partition coefficient (Wildman–Crippen LogP) is 3.90. The number of aryl methyl sites for hydroxylation is 1. The summed E-state index contributed by atoms with van der Waals surface area (Å²) in [5.41, 5.74) is 2.14. The zero-order valence-corrected chi connectivity index (χ0v) is 13.6. The third-order valence-corrected chi connectivity index (χ3v) is 4.30. The lowest BCUT2D eigenvalue weighted by atomic mass is 9.74. The van der Waals surface area contributed by atoms with Crippen molar-refractivity contribution in [3.8, 4) is 6.07 Å². The predicted molar refractivity (Wildman–Crippen MR) is 86.9 cm³/mol. The third kappa shape index (κ3) is 3.14. The minimum absolute atomic E-state index is 0.0653. The quantitative estimate of drug-likeness (QED) is 0.915. The number of furan rings is 1. The number of carbonyl (C=O) groups excluding carboxylic acids is 1. The van der Waals surface area contributed by atoms with E-state index in [4.69, 9.17) is 9.68 Å². The van der Waals surface area contributed by atoms with Crippen LogP contribution in [0, 0.1) is 23.7 Å². The molecular weight excluding hydrogens is 288 g/mol. The van der Waals surface area contributed by atoms with Crippen LogP contribution >= 0.6 is 0 Å². The molecule has 23 heavy (non-hydrogen) atoms. The van der Waals surface area contributed by atoms with Crippen LogP contribution in [0.3, 0.4) is 0 Å². The fraction of sp³-hybridized carbons (Fsp3) is 0.368. The third-order valence-electron chi connectivity index (χ3n) is 4.30. The molecule has 0 radical (unpaired) electrons. The van der Waals surface area contributed by atoms with Crippen molar-refractivity contribution < 1.29 is 9.21 Å². The standard InChI is InChI=1S/C19H20N2O2/c1-12-7-15-16(9-19(2,3)10-17(15)23-12)21-18(22)14-6-4-5-13(8-14)11-20/h4-8,16H,9-10H2,1-3H3,(H,21,22)/t16-/m0/s1. The Hall–Kier alpha value is -2.54. The van der Waals surface area contributed by atoms with Gasteiger partial charge in [0.1, 0.15) is 11.5 Å². The zero-order valence-electron chi connectivity index (χ0n) is 13.6. The van der Waals surface area contributed by atoms with Crippen molar-refractivity contribution in [1.82, 2.24) is 5.32 Å². The second-order valence-electron chi connectivity index (χ2n) is 7.00. The number of rotatable bonds is 2. The summed E-state index contributed by atoms with van der Waals surface area (Å²) in [5.74, 6) is 1.68. The summed E-state index contributed by atoms with van der Waals surface area (Å²) in [6.45, 7) is 6.30. The number of amides is 1. The fourth-order valence-electron chi connectivity index (χ4n) is 3.28. The monoisotopic (exact) mass is 308 g/mol. The number of benzene rings is 1. The summed E-state index contributed by atoms with van der Waals surface area (Å²) in [6.07, 6.45) is 1.75. The van der Waals surface area contributed by atoms with E-state index in [9.17, 15) is 4.79 Å². The zero-order chi connectivity index (χ0) is 16.6. The highest BCUT2D eigenvalue weighted by Gasteiger charge is 2.35. The number of nitrogens with zero attached hydrogens (tertiary/aromatic N) is 1. The largest absolute Gasteiger partial charge is 0.466 e. The van der Waals surface area contributed by atoms with Gasteiger partial charge in [-0.05, 0) is 43.0 Å². The number of carbonyl (C=O) groups is 1. The first-order valence-corrected chi connectivity index (χ1v) is 7.78. The molecular formula is C19H20N2O2. The smallest absolute Gasteiger partial charge is 0.251 e. The van der Waals surface area contributed by atoms with Crippen LogP contribution in [0.1, 0.15) is 59.3 Å². The van der Waals surface area contributed by atoms with Gasteiger partial charge < -0.3 is 9.73 Å². The first-order valence-electron chi connectivity index (χ1n) is 7.78. The molecule has 2 aromatic rings. The van der Waals surface area contributed by atoms with E-state index in [0.29, 0.717) is 11.1 Å². The topological polar surface area (TPSA) is 66.0 Å². The molecule has 1 aromatic carbocycles. The van der Waals surface area contributed by atoms with E-state index in [1.807, 2.05) is 13.0 Å². The molecule has 0 unspecified atom stereocenters. The Kier molecular flexibility index (Phi) is 3.73. The van der Waals surface area contributed by atoms with Crippen molar-refractivity contribution >= 4 is 5.91 Å². The summed E-state index contributed by atoms with van der Waals surface area (Å²) < 4.78 is 5.80. The Bertz CT molecular complexity index is 796. The maximum atomic E-state index is 12.6. The van der Waals surface area contributed by atoms with Gasteiger partial charge in [-0.25, -0.2) is 0 Å². The summed E-state index contributed by atoms with van der Waals surface area (Å²) in [6, 6.07) is 10.8. The van der Waals surface area contributed by atoms with E-state index in [0.717, 1.165) is 29.9 Å². The lowest BCUT2D eigenvalue weighted by Gasteiger charge is -2.34. The van der Waals surface area contributed by atoms with Gasteiger partial charge in [0.2, 0.25) is 0 Å². The van der Waals surface area contributed by atoms with Gasteiger partial charge in [0.15, 0.2) is 0 Å². The van der Waals surface area contributed by atoms with E-state index in [2.05, 4.69) is 25.2 Å². The first kappa shape index (κ1) is 15.4. The van der Waals surface area contributed by atoms with E-state index in [1.54, 1.807) is 24.3 Å². The van der Waals surface area contributed by atoms with E-state index in [-0.39, 0.29) is 17.4 Å². The highest BCUT2D eigenvalue weighted by atomic mass is 16.3. The molecule has 1 aliphatic carbocycles. The average molecular weight is 308 g/mol. The van der Waals surface area contributed by atoms with Gasteiger partial charge in [0.25, 0.3) is 5.91 Å². The Morgan fingerprint density at radius 1 is 1.39 bits per heavy atom. The first-order chi connectivity index (χ1) is 10.9. The summed E-state index contributed by atoms with van der Waals surface area (Å²) in [5, 5.41) is 12.1. The van der Waals surface area contributed by atoms with Gasteiger partial charge in [-0.3, -0.25) is 4.79 Å². The van der Waals surface area contributed by atoms with Crippen LogP contribution in [0.5, 0.6) is 0 Å². The minimum atomic E-state index is -0.158. The molecule has 0 spiro atoms. The number of hydrogen-bond donors (Lipinski definition) is 1. The van der Waals surface area contributed by atoms with Crippen molar-refractivity contribution in [2.45, 2.75) is 39.7 Å². The molecule has 1 atom stereocenters. The second-order valence-corrected chi connectivity index (χ2v) is 7.00. The molecule has 0 fully saturated rings. The maximum absolute atomic E-state index is 12.6. The molecule has 4 heteroatoms. The summed E-state index contributed by atoms with van der Waals surface area (Å²) in [7, 11) is 0. The van der Waals surface area contributed by atoms with E-state index < -0.39 is 0 Å². The Labute approximate surface area is 136 Å². The molecule has 118 valence electrons. The Balaban J connectivity index is 1.87. The van der Waals surface area contributed by atoms with Gasteiger partial charge in [0.05, 0.1) is 17.7 Å². The molecule has 1 amide bonds. The van der Waals surface area contributed by atoms with E-state index >= 15 is 0 Å². The number of nitrogens with one attached hydrogen (secondary N) is 1. The van der Waals surface area contributed by atoms with Gasteiger partial charge in [-0.1, -0.05) is 19.9 Å². The molecule has 0 bridgehead atoms. The molecule has 1 heterocycles. The van der Waals surface area contributed by atoms with Gasteiger partial charge >= 0.3 is 0 Å². The lowest BCUT2D eigenvalue weighted by Crippen LogP contribution is -2.36. The van der Waals surface area contributed by atoms with Gasteiger partial charge in [-0.15, -0.1) is 0 Å². The maximum Gasteiger partial charge on any atom is 0.251 e. The minimum Gasteiger partial charge on any atom is -0.466 e. The van der Waals surface area contributed by atoms with Gasteiger partial charge in [-0.2, -0.15) is 5.26 Å². The molecule has 0 saturated carbocycles. The summed E-state index contributed by atoms with van der Waals surface area (Å²) >= 11 is 0. The van der Waals surface area contributed by atoms with Crippen molar-refractivity contribution in [2.75, 3.05) is 0 Å². The van der Waals surface area contributed by atoms with E-state index in [1.165, 1.54) is 0 Å². The number of fused-ring (bicyclic) bond motifs is 1. The van der Waals surface area contributed by atoms with Crippen molar-refractivity contribution in [3.63, 3.8) is 0 Å². The van der Waals surface area contributed by atoms with Crippen LogP contribution in [0.25, 0.3) is 0 Å². The fourth-order valence-corrected chi connectivity index (χ4v) is 3.28. The van der Waals surface area contributed by atoms with Crippen molar-refractivity contribution in [1.29, 1.82) is 5.26 Å². The second kappa shape index (κ2) is 5.58. The molecule has 4 nitrogen and oxygen atoms in total. The highest BCUT2D eigenvalue weighted by molar-refractivity contribution is 5.94. The molecule has 0 saturated heterocycles. The average Bonchev–Trinajstić information content (AvgIpc) is 2.86. The SMILES string of the molecule is Cc1cc2c(o1)CC(C)(C)C[C@@H]2NC(=O)c1cccc(C#N)c1.